The van der Waals surface area contributed by atoms with Crippen molar-refractivity contribution in [2.45, 2.75) is 31.4 Å². The maximum absolute atomic E-state index is 12.5. The molecule has 23 heavy (non-hydrogen) atoms. The van der Waals surface area contributed by atoms with E-state index in [-0.39, 0.29) is 16.4 Å². The minimum atomic E-state index is -3.38. The van der Waals surface area contributed by atoms with Gasteiger partial charge in [-0.3, -0.25) is 4.79 Å². The summed E-state index contributed by atoms with van der Waals surface area (Å²) in [6.07, 6.45) is 3.13. The van der Waals surface area contributed by atoms with E-state index in [4.69, 9.17) is 0 Å². The van der Waals surface area contributed by atoms with E-state index >= 15 is 0 Å². The summed E-state index contributed by atoms with van der Waals surface area (Å²) in [5, 5.41) is 0. The van der Waals surface area contributed by atoms with Crippen molar-refractivity contribution >= 4 is 21.7 Å². The molecule has 0 fully saturated rings. The summed E-state index contributed by atoms with van der Waals surface area (Å²) < 4.78 is 25.0. The molecule has 0 aliphatic heterocycles. The lowest BCUT2D eigenvalue weighted by Crippen LogP contribution is -2.05. The summed E-state index contributed by atoms with van der Waals surface area (Å²) in [4.78, 5) is 11.2. The van der Waals surface area contributed by atoms with Gasteiger partial charge in [0.05, 0.1) is 10.6 Å². The van der Waals surface area contributed by atoms with Crippen molar-refractivity contribution in [2.24, 2.45) is 0 Å². The van der Waals surface area contributed by atoms with Crippen LogP contribution in [0.25, 0.3) is 6.08 Å². The minimum Gasteiger partial charge on any atom is -0.295 e. The number of hydrogen-bond donors (Lipinski definition) is 0. The summed E-state index contributed by atoms with van der Waals surface area (Å²) in [7, 11) is -3.38. The quantitative estimate of drug-likeness (QED) is 0.783. The molecule has 0 N–H and O–H groups in total. The molecule has 2 rings (SSSR count). The fourth-order valence-corrected chi connectivity index (χ4v) is 3.53. The lowest BCUT2D eigenvalue weighted by atomic mass is 10.1. The van der Waals surface area contributed by atoms with Crippen LogP contribution in [0, 0.1) is 13.8 Å². The lowest BCUT2D eigenvalue weighted by Gasteiger charge is -2.07. The smallest absolute Gasteiger partial charge is 0.182 e. The van der Waals surface area contributed by atoms with E-state index in [2.05, 4.69) is 0 Å². The fraction of sp³-hybridized carbons (Fsp3) is 0.211. The predicted molar refractivity (Wildman–Crippen MR) is 93.0 cm³/mol. The van der Waals surface area contributed by atoms with Crippen LogP contribution in [-0.4, -0.2) is 14.2 Å². The lowest BCUT2D eigenvalue weighted by molar-refractivity contribution is -0.112. The van der Waals surface area contributed by atoms with Gasteiger partial charge in [-0.05, 0) is 61.2 Å². The average molecular weight is 328 g/mol. The second-order valence-electron chi connectivity index (χ2n) is 5.69. The first-order valence-corrected chi connectivity index (χ1v) is 9.01. The highest BCUT2D eigenvalue weighted by Crippen LogP contribution is 2.19. The molecule has 0 heterocycles. The number of rotatable bonds is 5. The van der Waals surface area contributed by atoms with Gasteiger partial charge in [0.1, 0.15) is 0 Å². The summed E-state index contributed by atoms with van der Waals surface area (Å²) in [5.41, 5.74) is 3.81. The van der Waals surface area contributed by atoms with E-state index in [0.29, 0.717) is 0 Å². The normalized spacial score (nSPS) is 11.8. The Morgan fingerprint density at radius 2 is 1.65 bits per heavy atom. The monoisotopic (exact) mass is 328 g/mol. The van der Waals surface area contributed by atoms with Crippen LogP contribution >= 0.6 is 0 Å². The average Bonchev–Trinajstić information content (AvgIpc) is 2.49. The number of aryl methyl sites for hydroxylation is 2. The molecule has 0 atom stereocenters. The molecule has 0 aromatic heterocycles. The highest BCUT2D eigenvalue weighted by molar-refractivity contribution is 7.90. The minimum absolute atomic E-state index is 0.0171. The van der Waals surface area contributed by atoms with Crippen LogP contribution in [0.1, 0.15) is 29.2 Å². The van der Waals surface area contributed by atoms with Gasteiger partial charge >= 0.3 is 0 Å². The van der Waals surface area contributed by atoms with Gasteiger partial charge in [-0.15, -0.1) is 0 Å². The molecule has 0 bridgehead atoms. The first kappa shape index (κ1) is 17.2. The highest BCUT2D eigenvalue weighted by Gasteiger charge is 2.15. The van der Waals surface area contributed by atoms with E-state index in [0.717, 1.165) is 22.3 Å². The molecule has 0 spiro atoms. The molecule has 4 heteroatoms. The maximum atomic E-state index is 12.5. The van der Waals surface area contributed by atoms with E-state index in [1.807, 2.05) is 32.0 Å². The SMILES string of the molecule is CC(=O)/C=C/c1ccc(S(=O)(=O)Cc2ccc(C)c(C)c2)cc1. The molecular formula is C19H20O3S. The zero-order valence-corrected chi connectivity index (χ0v) is 14.4. The molecule has 0 aliphatic carbocycles. The Hall–Kier alpha value is -2.20. The Labute approximate surface area is 137 Å². The summed E-state index contributed by atoms with van der Waals surface area (Å²) in [6, 6.07) is 12.3. The van der Waals surface area contributed by atoms with Crippen LogP contribution in [0.4, 0.5) is 0 Å². The van der Waals surface area contributed by atoms with Gasteiger partial charge in [0.2, 0.25) is 0 Å². The molecule has 0 unspecified atom stereocenters. The van der Waals surface area contributed by atoms with Gasteiger partial charge in [0, 0.05) is 0 Å². The van der Waals surface area contributed by atoms with E-state index in [1.54, 1.807) is 30.3 Å². The largest absolute Gasteiger partial charge is 0.295 e. The number of benzene rings is 2. The first-order chi connectivity index (χ1) is 10.8. The molecule has 0 amide bonds. The number of hydrogen-bond acceptors (Lipinski definition) is 3. The first-order valence-electron chi connectivity index (χ1n) is 7.35. The Bertz CT molecular complexity index is 845. The molecule has 120 valence electrons. The van der Waals surface area contributed by atoms with Gasteiger partial charge in [0.15, 0.2) is 15.6 Å². The van der Waals surface area contributed by atoms with E-state index in [9.17, 15) is 13.2 Å². The Kier molecular flexibility index (Phi) is 5.16. The summed E-state index contributed by atoms with van der Waals surface area (Å²) in [5.74, 6) is -0.0621. The Balaban J connectivity index is 2.22. The third kappa shape index (κ3) is 4.63. The zero-order valence-electron chi connectivity index (χ0n) is 13.5. The van der Waals surface area contributed by atoms with Crippen molar-refractivity contribution < 1.29 is 13.2 Å². The standard InChI is InChI=1S/C19H20O3S/c1-14-4-6-18(12-15(14)2)13-23(21,22)19-10-8-17(9-11-19)7-5-16(3)20/h4-12H,13H2,1-3H3/b7-5+. The number of sulfone groups is 1. The fourth-order valence-electron chi connectivity index (χ4n) is 2.20. The number of carbonyl (C=O) groups excluding carboxylic acids is 1. The third-order valence-electron chi connectivity index (χ3n) is 3.68. The van der Waals surface area contributed by atoms with E-state index < -0.39 is 9.84 Å². The van der Waals surface area contributed by atoms with Crippen molar-refractivity contribution in [2.75, 3.05) is 0 Å². The van der Waals surface area contributed by atoms with Crippen molar-refractivity contribution in [1.29, 1.82) is 0 Å². The molecule has 2 aromatic carbocycles. The van der Waals surface area contributed by atoms with Crippen molar-refractivity contribution in [3.05, 3.63) is 70.8 Å². The maximum Gasteiger partial charge on any atom is 0.182 e. The molecule has 0 radical (unpaired) electrons. The second-order valence-corrected chi connectivity index (χ2v) is 7.68. The molecule has 3 nitrogen and oxygen atoms in total. The van der Waals surface area contributed by atoms with Crippen LogP contribution in [0.15, 0.2) is 53.4 Å². The summed E-state index contributed by atoms with van der Waals surface area (Å²) in [6.45, 7) is 5.45. The zero-order chi connectivity index (χ0) is 17.0. The number of carbonyl (C=O) groups is 1. The van der Waals surface area contributed by atoms with Crippen LogP contribution in [-0.2, 0) is 20.4 Å². The van der Waals surface area contributed by atoms with Gasteiger partial charge < -0.3 is 0 Å². The predicted octanol–water partition coefficient (Wildman–Crippen LogP) is 3.88. The second kappa shape index (κ2) is 6.92. The van der Waals surface area contributed by atoms with Crippen molar-refractivity contribution in [1.82, 2.24) is 0 Å². The third-order valence-corrected chi connectivity index (χ3v) is 5.38. The van der Waals surface area contributed by atoms with Crippen molar-refractivity contribution in [3.63, 3.8) is 0 Å². The van der Waals surface area contributed by atoms with Crippen LogP contribution < -0.4 is 0 Å². The number of allylic oxidation sites excluding steroid dienone is 1. The molecule has 0 saturated carbocycles. The van der Waals surface area contributed by atoms with Gasteiger partial charge in [-0.1, -0.05) is 36.4 Å². The molecular weight excluding hydrogens is 308 g/mol. The Morgan fingerprint density at radius 3 is 2.22 bits per heavy atom. The van der Waals surface area contributed by atoms with Crippen LogP contribution in [0.2, 0.25) is 0 Å². The van der Waals surface area contributed by atoms with E-state index in [1.165, 1.54) is 13.0 Å². The van der Waals surface area contributed by atoms with Gasteiger partial charge in [-0.2, -0.15) is 0 Å². The van der Waals surface area contributed by atoms with Gasteiger partial charge in [-0.25, -0.2) is 8.42 Å². The van der Waals surface area contributed by atoms with Crippen molar-refractivity contribution in [3.8, 4) is 0 Å². The molecule has 0 aliphatic rings. The van der Waals surface area contributed by atoms with Crippen LogP contribution in [0.3, 0.4) is 0 Å². The Morgan fingerprint density at radius 1 is 1.00 bits per heavy atom. The molecule has 0 saturated heterocycles. The van der Waals surface area contributed by atoms with Crippen LogP contribution in [0.5, 0.6) is 0 Å². The highest BCUT2D eigenvalue weighted by atomic mass is 32.2. The van der Waals surface area contributed by atoms with Gasteiger partial charge in [0.25, 0.3) is 0 Å². The topological polar surface area (TPSA) is 51.2 Å². The number of ketones is 1. The summed E-state index contributed by atoms with van der Waals surface area (Å²) >= 11 is 0. The molecule has 2 aromatic rings.